The summed E-state index contributed by atoms with van der Waals surface area (Å²) in [4.78, 5) is 32.5. The first kappa shape index (κ1) is 15.6. The zero-order valence-corrected chi connectivity index (χ0v) is 14.1. The van der Waals surface area contributed by atoms with Crippen LogP contribution in [0.25, 0.3) is 11.0 Å². The molecule has 1 aliphatic rings. The summed E-state index contributed by atoms with van der Waals surface area (Å²) in [5, 5.41) is 0. The number of fused-ring (bicyclic) bond motifs is 1. The first-order valence-electron chi connectivity index (χ1n) is 8.51. The van der Waals surface area contributed by atoms with Crippen LogP contribution in [0.3, 0.4) is 0 Å². The quantitative estimate of drug-likeness (QED) is 0.686. The summed E-state index contributed by atoms with van der Waals surface area (Å²) in [6.07, 6.45) is 5.05. The summed E-state index contributed by atoms with van der Waals surface area (Å²) < 4.78 is 0. The number of nitrogens with zero attached hydrogens (tertiary/aromatic N) is 5. The smallest absolute Gasteiger partial charge is 0.185 e. The van der Waals surface area contributed by atoms with Crippen molar-refractivity contribution in [2.75, 3.05) is 18.0 Å². The summed E-state index contributed by atoms with van der Waals surface area (Å²) in [6.45, 7) is 3.46. The number of carbonyl (C=O) groups is 1. The highest BCUT2D eigenvalue weighted by Crippen LogP contribution is 2.27. The summed E-state index contributed by atoms with van der Waals surface area (Å²) in [6, 6.07) is 9.37. The SMILES string of the molecule is Cc1ccc2ncnc(N3CCCC(C(=O)c4ccccn4)C3)c2n1. The maximum absolute atomic E-state index is 12.8. The zero-order valence-electron chi connectivity index (χ0n) is 14.1. The molecular formula is C19H19N5O. The average molecular weight is 333 g/mol. The molecule has 0 aromatic carbocycles. The van der Waals surface area contributed by atoms with E-state index in [1.165, 1.54) is 0 Å². The zero-order chi connectivity index (χ0) is 17.2. The third-order valence-corrected chi connectivity index (χ3v) is 4.61. The lowest BCUT2D eigenvalue weighted by Crippen LogP contribution is -2.39. The molecule has 126 valence electrons. The maximum atomic E-state index is 12.8. The van der Waals surface area contributed by atoms with Gasteiger partial charge >= 0.3 is 0 Å². The molecule has 4 heterocycles. The van der Waals surface area contributed by atoms with Crippen LogP contribution in [0.5, 0.6) is 0 Å². The minimum atomic E-state index is -0.0709. The number of ketones is 1. The second kappa shape index (κ2) is 6.55. The van der Waals surface area contributed by atoms with E-state index in [-0.39, 0.29) is 11.7 Å². The molecular weight excluding hydrogens is 314 g/mol. The van der Waals surface area contributed by atoms with E-state index in [9.17, 15) is 4.79 Å². The highest BCUT2D eigenvalue weighted by molar-refractivity contribution is 5.96. The molecule has 3 aromatic heterocycles. The molecule has 1 aliphatic heterocycles. The number of piperidine rings is 1. The van der Waals surface area contributed by atoms with E-state index >= 15 is 0 Å². The minimum absolute atomic E-state index is 0.0709. The molecule has 0 N–H and O–H groups in total. The van der Waals surface area contributed by atoms with Gasteiger partial charge in [0.15, 0.2) is 11.6 Å². The van der Waals surface area contributed by atoms with E-state index in [1.54, 1.807) is 18.6 Å². The fourth-order valence-electron chi connectivity index (χ4n) is 3.36. The molecule has 4 rings (SSSR count). The van der Waals surface area contributed by atoms with Gasteiger partial charge in [0.1, 0.15) is 17.5 Å². The first-order chi connectivity index (χ1) is 12.2. The van der Waals surface area contributed by atoms with E-state index in [4.69, 9.17) is 0 Å². The highest BCUT2D eigenvalue weighted by atomic mass is 16.1. The Bertz CT molecular complexity index is 912. The van der Waals surface area contributed by atoms with Gasteiger partial charge in [-0.05, 0) is 44.0 Å². The maximum Gasteiger partial charge on any atom is 0.185 e. The Morgan fingerprint density at radius 1 is 1.16 bits per heavy atom. The lowest BCUT2D eigenvalue weighted by Gasteiger charge is -2.33. The lowest BCUT2D eigenvalue weighted by atomic mass is 9.92. The van der Waals surface area contributed by atoms with Gasteiger partial charge in [0, 0.05) is 30.9 Å². The Labute approximate surface area is 146 Å². The number of aromatic nitrogens is 4. The Kier molecular flexibility index (Phi) is 4.09. The van der Waals surface area contributed by atoms with Crippen LogP contribution in [0.2, 0.25) is 0 Å². The molecule has 0 spiro atoms. The van der Waals surface area contributed by atoms with Crippen molar-refractivity contribution in [1.82, 2.24) is 19.9 Å². The molecule has 1 unspecified atom stereocenters. The first-order valence-corrected chi connectivity index (χ1v) is 8.51. The van der Waals surface area contributed by atoms with Gasteiger partial charge in [-0.25, -0.2) is 15.0 Å². The molecule has 3 aromatic rings. The largest absolute Gasteiger partial charge is 0.354 e. The van der Waals surface area contributed by atoms with E-state index < -0.39 is 0 Å². The van der Waals surface area contributed by atoms with Crippen LogP contribution < -0.4 is 4.90 Å². The number of aryl methyl sites for hydroxylation is 1. The predicted molar refractivity (Wildman–Crippen MR) is 95.6 cm³/mol. The van der Waals surface area contributed by atoms with Gasteiger partial charge in [-0.1, -0.05) is 6.07 Å². The van der Waals surface area contributed by atoms with Crippen LogP contribution in [0.4, 0.5) is 5.82 Å². The van der Waals surface area contributed by atoms with Crippen molar-refractivity contribution in [1.29, 1.82) is 0 Å². The van der Waals surface area contributed by atoms with Crippen LogP contribution >= 0.6 is 0 Å². The molecule has 0 aliphatic carbocycles. The number of Topliss-reactive ketones (excluding diaryl/α,β-unsaturated/α-hetero) is 1. The molecule has 25 heavy (non-hydrogen) atoms. The van der Waals surface area contributed by atoms with Gasteiger partial charge in [-0.2, -0.15) is 0 Å². The monoisotopic (exact) mass is 333 g/mol. The topological polar surface area (TPSA) is 71.9 Å². The second-order valence-corrected chi connectivity index (χ2v) is 6.38. The van der Waals surface area contributed by atoms with E-state index in [0.29, 0.717) is 12.2 Å². The minimum Gasteiger partial charge on any atom is -0.354 e. The Morgan fingerprint density at radius 3 is 2.92 bits per heavy atom. The van der Waals surface area contributed by atoms with Crippen molar-refractivity contribution < 1.29 is 4.79 Å². The van der Waals surface area contributed by atoms with Crippen molar-refractivity contribution >= 4 is 22.6 Å². The lowest BCUT2D eigenvalue weighted by molar-refractivity contribution is 0.0902. The van der Waals surface area contributed by atoms with Crippen molar-refractivity contribution in [3.05, 3.63) is 54.2 Å². The molecule has 6 heteroatoms. The molecule has 0 amide bonds. The third kappa shape index (κ3) is 3.07. The molecule has 6 nitrogen and oxygen atoms in total. The highest BCUT2D eigenvalue weighted by Gasteiger charge is 2.29. The molecule has 0 radical (unpaired) electrons. The van der Waals surface area contributed by atoms with Gasteiger partial charge in [-0.3, -0.25) is 9.78 Å². The normalized spacial score (nSPS) is 17.6. The molecule has 1 saturated heterocycles. The molecule has 0 bridgehead atoms. The van der Waals surface area contributed by atoms with Gasteiger partial charge in [0.2, 0.25) is 0 Å². The Morgan fingerprint density at radius 2 is 2.08 bits per heavy atom. The number of hydrogen-bond acceptors (Lipinski definition) is 6. The van der Waals surface area contributed by atoms with Crippen LogP contribution in [-0.2, 0) is 0 Å². The summed E-state index contributed by atoms with van der Waals surface area (Å²) in [5.74, 6) is 0.846. The van der Waals surface area contributed by atoms with Crippen LogP contribution in [0.1, 0.15) is 29.0 Å². The summed E-state index contributed by atoms with van der Waals surface area (Å²) in [5.41, 5.74) is 3.10. The van der Waals surface area contributed by atoms with E-state index in [2.05, 4.69) is 24.8 Å². The number of rotatable bonds is 3. The average Bonchev–Trinajstić information content (AvgIpc) is 2.67. The number of pyridine rings is 2. The predicted octanol–water partition coefficient (Wildman–Crippen LogP) is 2.83. The Hall–Kier alpha value is -2.89. The number of hydrogen-bond donors (Lipinski definition) is 0. The molecule has 1 atom stereocenters. The number of anilines is 1. The third-order valence-electron chi connectivity index (χ3n) is 4.61. The van der Waals surface area contributed by atoms with Gasteiger partial charge < -0.3 is 4.90 Å². The van der Waals surface area contributed by atoms with Crippen LogP contribution in [-0.4, -0.2) is 38.8 Å². The van der Waals surface area contributed by atoms with Crippen LogP contribution in [0, 0.1) is 12.8 Å². The fraction of sp³-hybridized carbons (Fsp3) is 0.316. The number of carbonyl (C=O) groups excluding carboxylic acids is 1. The van der Waals surface area contributed by atoms with Crippen LogP contribution in [0.15, 0.2) is 42.9 Å². The summed E-state index contributed by atoms with van der Waals surface area (Å²) >= 11 is 0. The van der Waals surface area contributed by atoms with Gasteiger partial charge in [0.05, 0.1) is 5.52 Å². The van der Waals surface area contributed by atoms with Crippen molar-refractivity contribution in [3.63, 3.8) is 0 Å². The Balaban J connectivity index is 1.64. The van der Waals surface area contributed by atoms with Gasteiger partial charge in [0.25, 0.3) is 0 Å². The van der Waals surface area contributed by atoms with E-state index in [0.717, 1.165) is 41.9 Å². The van der Waals surface area contributed by atoms with E-state index in [1.807, 2.05) is 31.2 Å². The summed E-state index contributed by atoms with van der Waals surface area (Å²) in [7, 11) is 0. The molecule has 0 saturated carbocycles. The second-order valence-electron chi connectivity index (χ2n) is 6.38. The van der Waals surface area contributed by atoms with Gasteiger partial charge in [-0.15, -0.1) is 0 Å². The molecule has 1 fully saturated rings. The standard InChI is InChI=1S/C19H19N5O/c1-13-7-8-15-17(23-13)19(22-12-21-15)24-10-4-5-14(11-24)18(25)16-6-2-3-9-20-16/h2-3,6-9,12,14H,4-5,10-11H2,1H3. The fourth-order valence-corrected chi connectivity index (χ4v) is 3.36. The van der Waals surface area contributed by atoms with Crippen molar-refractivity contribution in [3.8, 4) is 0 Å². The van der Waals surface area contributed by atoms with Crippen molar-refractivity contribution in [2.24, 2.45) is 5.92 Å². The van der Waals surface area contributed by atoms with Crippen molar-refractivity contribution in [2.45, 2.75) is 19.8 Å².